The second kappa shape index (κ2) is 4.54. The molecule has 0 aliphatic heterocycles. The number of hydrogen-bond acceptors (Lipinski definition) is 5. The zero-order chi connectivity index (χ0) is 11.5. The molecule has 0 unspecified atom stereocenters. The van der Waals surface area contributed by atoms with Crippen molar-refractivity contribution >= 4 is 34.7 Å². The van der Waals surface area contributed by atoms with Gasteiger partial charge in [-0.1, -0.05) is 17.4 Å². The van der Waals surface area contributed by atoms with Gasteiger partial charge in [0.1, 0.15) is 5.82 Å². The van der Waals surface area contributed by atoms with E-state index in [4.69, 9.17) is 11.6 Å². The van der Waals surface area contributed by atoms with Crippen molar-refractivity contribution in [1.29, 1.82) is 0 Å². The van der Waals surface area contributed by atoms with Crippen LogP contribution in [-0.2, 0) is 0 Å². The Bertz CT molecular complexity index is 510. The Kier molecular flexibility index (Phi) is 3.12. The SMILES string of the molecule is Cc1ccc(NC(=O)c2nnc(Cl)s2)nc1. The summed E-state index contributed by atoms with van der Waals surface area (Å²) in [5.74, 6) is 0.114. The lowest BCUT2D eigenvalue weighted by Crippen LogP contribution is -2.12. The minimum Gasteiger partial charge on any atom is -0.304 e. The van der Waals surface area contributed by atoms with Gasteiger partial charge in [-0.2, -0.15) is 0 Å². The van der Waals surface area contributed by atoms with E-state index in [1.54, 1.807) is 12.3 Å². The van der Waals surface area contributed by atoms with Gasteiger partial charge in [-0.15, -0.1) is 10.2 Å². The van der Waals surface area contributed by atoms with Crippen LogP contribution in [0.2, 0.25) is 4.47 Å². The predicted molar refractivity (Wildman–Crippen MR) is 61.8 cm³/mol. The van der Waals surface area contributed by atoms with Crippen LogP contribution in [0.3, 0.4) is 0 Å². The molecular formula is C9H7ClN4OS. The molecule has 0 saturated heterocycles. The summed E-state index contributed by atoms with van der Waals surface area (Å²) >= 11 is 6.60. The molecule has 1 amide bonds. The van der Waals surface area contributed by atoms with Crippen LogP contribution >= 0.6 is 22.9 Å². The maximum atomic E-state index is 11.6. The summed E-state index contributed by atoms with van der Waals surface area (Å²) in [5.41, 5.74) is 1.02. The van der Waals surface area contributed by atoms with Gasteiger partial charge in [0, 0.05) is 6.20 Å². The number of amides is 1. The molecule has 0 aliphatic rings. The van der Waals surface area contributed by atoms with Crippen molar-refractivity contribution in [3.8, 4) is 0 Å². The molecule has 82 valence electrons. The van der Waals surface area contributed by atoms with E-state index in [9.17, 15) is 4.79 Å². The Morgan fingerprint density at radius 3 is 2.81 bits per heavy atom. The number of pyridine rings is 1. The van der Waals surface area contributed by atoms with E-state index in [1.807, 2.05) is 13.0 Å². The minimum absolute atomic E-state index is 0.215. The number of nitrogens with one attached hydrogen (secondary N) is 1. The fourth-order valence-electron chi connectivity index (χ4n) is 1.01. The molecule has 0 fully saturated rings. The molecule has 5 nitrogen and oxygen atoms in total. The first kappa shape index (κ1) is 11.0. The van der Waals surface area contributed by atoms with Gasteiger partial charge in [-0.05, 0) is 30.2 Å². The number of hydrogen-bond donors (Lipinski definition) is 1. The highest BCUT2D eigenvalue weighted by molar-refractivity contribution is 7.17. The molecule has 0 radical (unpaired) electrons. The van der Waals surface area contributed by atoms with Gasteiger partial charge in [-0.3, -0.25) is 4.79 Å². The van der Waals surface area contributed by atoms with Crippen LogP contribution in [0.5, 0.6) is 0 Å². The number of anilines is 1. The van der Waals surface area contributed by atoms with Gasteiger partial charge in [0.15, 0.2) is 0 Å². The molecular weight excluding hydrogens is 248 g/mol. The second-order valence-electron chi connectivity index (χ2n) is 3.04. The van der Waals surface area contributed by atoms with Crippen LogP contribution in [-0.4, -0.2) is 21.1 Å². The molecule has 0 saturated carbocycles. The Morgan fingerprint density at radius 1 is 1.44 bits per heavy atom. The van der Waals surface area contributed by atoms with Gasteiger partial charge in [0.2, 0.25) is 9.47 Å². The molecule has 2 aromatic rings. The van der Waals surface area contributed by atoms with E-state index in [2.05, 4.69) is 20.5 Å². The third-order valence-corrected chi connectivity index (χ3v) is 2.77. The molecule has 0 aromatic carbocycles. The number of nitrogens with zero attached hydrogens (tertiary/aromatic N) is 3. The summed E-state index contributed by atoms with van der Waals surface area (Å²) in [5, 5.41) is 9.99. The average molecular weight is 255 g/mol. The van der Waals surface area contributed by atoms with E-state index in [-0.39, 0.29) is 15.4 Å². The fraction of sp³-hybridized carbons (Fsp3) is 0.111. The first-order valence-electron chi connectivity index (χ1n) is 4.38. The highest BCUT2D eigenvalue weighted by atomic mass is 35.5. The van der Waals surface area contributed by atoms with Crippen LogP contribution in [0.4, 0.5) is 5.82 Å². The third kappa shape index (κ3) is 2.53. The molecule has 0 atom stereocenters. The zero-order valence-electron chi connectivity index (χ0n) is 8.27. The lowest BCUT2D eigenvalue weighted by molar-refractivity contribution is 0.102. The molecule has 0 aliphatic carbocycles. The van der Waals surface area contributed by atoms with Crippen molar-refractivity contribution in [2.24, 2.45) is 0 Å². The van der Waals surface area contributed by atoms with Crippen molar-refractivity contribution < 1.29 is 4.79 Å². The summed E-state index contributed by atoms with van der Waals surface area (Å²) in [7, 11) is 0. The topological polar surface area (TPSA) is 67.8 Å². The van der Waals surface area contributed by atoms with Gasteiger partial charge < -0.3 is 5.32 Å². The summed E-state index contributed by atoms with van der Waals surface area (Å²) < 4.78 is 0.238. The molecule has 16 heavy (non-hydrogen) atoms. The van der Waals surface area contributed by atoms with Crippen LogP contribution in [0.15, 0.2) is 18.3 Å². The van der Waals surface area contributed by atoms with Crippen LogP contribution in [0.1, 0.15) is 15.4 Å². The predicted octanol–water partition coefficient (Wildman–Crippen LogP) is 2.15. The van der Waals surface area contributed by atoms with E-state index in [0.717, 1.165) is 16.9 Å². The molecule has 1 N–H and O–H groups in total. The number of halogens is 1. The first-order chi connectivity index (χ1) is 7.65. The summed E-state index contributed by atoms with van der Waals surface area (Å²) in [6.45, 7) is 1.92. The van der Waals surface area contributed by atoms with E-state index in [1.165, 1.54) is 0 Å². The Balaban J connectivity index is 2.10. The molecule has 7 heteroatoms. The fourth-order valence-corrected chi connectivity index (χ4v) is 1.73. The van der Waals surface area contributed by atoms with Gasteiger partial charge in [-0.25, -0.2) is 4.98 Å². The van der Waals surface area contributed by atoms with Gasteiger partial charge >= 0.3 is 0 Å². The van der Waals surface area contributed by atoms with Crippen molar-refractivity contribution in [2.45, 2.75) is 6.92 Å². The summed E-state index contributed by atoms with van der Waals surface area (Å²) in [6.07, 6.45) is 1.67. The Hall–Kier alpha value is -1.53. The smallest absolute Gasteiger partial charge is 0.287 e. The van der Waals surface area contributed by atoms with Crippen molar-refractivity contribution in [2.75, 3.05) is 5.32 Å². The largest absolute Gasteiger partial charge is 0.304 e. The third-order valence-electron chi connectivity index (χ3n) is 1.75. The number of aryl methyl sites for hydroxylation is 1. The molecule has 2 rings (SSSR count). The summed E-state index contributed by atoms with van der Waals surface area (Å²) in [6, 6.07) is 3.57. The monoisotopic (exact) mass is 254 g/mol. The number of aromatic nitrogens is 3. The van der Waals surface area contributed by atoms with Crippen molar-refractivity contribution in [3.05, 3.63) is 33.4 Å². The highest BCUT2D eigenvalue weighted by Crippen LogP contribution is 2.16. The van der Waals surface area contributed by atoms with Crippen LogP contribution < -0.4 is 5.32 Å². The lowest BCUT2D eigenvalue weighted by atomic mass is 10.3. The lowest BCUT2D eigenvalue weighted by Gasteiger charge is -2.00. The molecule has 0 spiro atoms. The van der Waals surface area contributed by atoms with Gasteiger partial charge in [0.25, 0.3) is 5.91 Å². The maximum absolute atomic E-state index is 11.6. The quantitative estimate of drug-likeness (QED) is 0.892. The van der Waals surface area contributed by atoms with E-state index in [0.29, 0.717) is 5.82 Å². The molecule has 2 heterocycles. The number of rotatable bonds is 2. The Morgan fingerprint density at radius 2 is 2.25 bits per heavy atom. The molecule has 2 aromatic heterocycles. The number of carbonyl (C=O) groups is 1. The van der Waals surface area contributed by atoms with Gasteiger partial charge in [0.05, 0.1) is 0 Å². The first-order valence-corrected chi connectivity index (χ1v) is 5.57. The Labute approximate surface area is 101 Å². The summed E-state index contributed by atoms with van der Waals surface area (Å²) in [4.78, 5) is 15.7. The average Bonchev–Trinajstić information content (AvgIpc) is 2.68. The molecule has 0 bridgehead atoms. The van der Waals surface area contributed by atoms with Crippen molar-refractivity contribution in [3.63, 3.8) is 0 Å². The van der Waals surface area contributed by atoms with Crippen molar-refractivity contribution in [1.82, 2.24) is 15.2 Å². The normalized spacial score (nSPS) is 10.1. The van der Waals surface area contributed by atoms with Crippen LogP contribution in [0, 0.1) is 6.92 Å². The minimum atomic E-state index is -0.360. The van der Waals surface area contributed by atoms with Crippen LogP contribution in [0.25, 0.3) is 0 Å². The number of carbonyl (C=O) groups excluding carboxylic acids is 1. The maximum Gasteiger partial charge on any atom is 0.287 e. The van der Waals surface area contributed by atoms with E-state index >= 15 is 0 Å². The standard InChI is InChI=1S/C9H7ClN4OS/c1-5-2-3-6(11-4-5)12-7(15)8-13-14-9(10)16-8/h2-4H,1H3,(H,11,12,15). The highest BCUT2D eigenvalue weighted by Gasteiger charge is 2.12. The zero-order valence-corrected chi connectivity index (χ0v) is 9.84. The van der Waals surface area contributed by atoms with E-state index < -0.39 is 0 Å². The second-order valence-corrected chi connectivity index (χ2v) is 4.59.